The average Bonchev–Trinajstić information content (AvgIpc) is 2.98. The lowest BCUT2D eigenvalue weighted by Gasteiger charge is -2.05. The van der Waals surface area contributed by atoms with Crippen molar-refractivity contribution in [2.45, 2.75) is 5.03 Å². The fourth-order valence-electron chi connectivity index (χ4n) is 1.99. The van der Waals surface area contributed by atoms with Gasteiger partial charge in [0.05, 0.1) is 18.2 Å². The Morgan fingerprint density at radius 2 is 2.09 bits per heavy atom. The number of carbonyl (C=O) groups is 1. The lowest BCUT2D eigenvalue weighted by atomic mass is 10.1. The maximum Gasteiger partial charge on any atom is 0.316 e. The molecule has 22 heavy (non-hydrogen) atoms. The number of halogens is 1. The van der Waals surface area contributed by atoms with Crippen LogP contribution in [0.25, 0.3) is 21.3 Å². The first-order valence-corrected chi connectivity index (χ1v) is 8.61. The predicted molar refractivity (Wildman–Crippen MR) is 90.6 cm³/mol. The number of hydrogen-bond donors (Lipinski definition) is 0. The van der Waals surface area contributed by atoms with Gasteiger partial charge in [0.25, 0.3) is 0 Å². The molecule has 0 atom stereocenters. The van der Waals surface area contributed by atoms with Gasteiger partial charge in [0.2, 0.25) is 0 Å². The molecule has 0 aliphatic rings. The Morgan fingerprint density at radius 3 is 2.82 bits per heavy atom. The summed E-state index contributed by atoms with van der Waals surface area (Å²) >= 11 is 8.85. The largest absolute Gasteiger partial charge is 0.468 e. The molecule has 0 saturated heterocycles. The molecule has 1 aromatic carbocycles. The van der Waals surface area contributed by atoms with Gasteiger partial charge in [-0.25, -0.2) is 9.97 Å². The van der Waals surface area contributed by atoms with Crippen LogP contribution in [-0.4, -0.2) is 28.8 Å². The van der Waals surface area contributed by atoms with Crippen LogP contribution in [0, 0.1) is 0 Å². The summed E-state index contributed by atoms with van der Waals surface area (Å²) in [6, 6.07) is 7.63. The lowest BCUT2D eigenvalue weighted by Crippen LogP contribution is -2.03. The van der Waals surface area contributed by atoms with E-state index in [-0.39, 0.29) is 11.7 Å². The van der Waals surface area contributed by atoms with Gasteiger partial charge in [-0.1, -0.05) is 35.5 Å². The van der Waals surface area contributed by atoms with Gasteiger partial charge < -0.3 is 4.74 Å². The molecule has 0 N–H and O–H groups in total. The van der Waals surface area contributed by atoms with Crippen LogP contribution in [0.3, 0.4) is 0 Å². The van der Waals surface area contributed by atoms with Gasteiger partial charge in [-0.3, -0.25) is 4.79 Å². The molecule has 0 unspecified atom stereocenters. The summed E-state index contributed by atoms with van der Waals surface area (Å²) in [6.45, 7) is 0. The van der Waals surface area contributed by atoms with Crippen molar-refractivity contribution in [2.75, 3.05) is 12.9 Å². The molecule has 0 aliphatic heterocycles. The molecule has 2 heterocycles. The quantitative estimate of drug-likeness (QED) is 0.399. The topological polar surface area (TPSA) is 52.1 Å². The van der Waals surface area contributed by atoms with E-state index in [9.17, 15) is 4.79 Å². The maximum atomic E-state index is 11.4. The zero-order valence-electron chi connectivity index (χ0n) is 11.6. The second kappa shape index (κ2) is 6.64. The minimum Gasteiger partial charge on any atom is -0.468 e. The Balaban J connectivity index is 2.04. The molecule has 2 aromatic heterocycles. The summed E-state index contributed by atoms with van der Waals surface area (Å²) < 4.78 is 4.68. The molecule has 0 saturated carbocycles. The molecule has 7 heteroatoms. The van der Waals surface area contributed by atoms with Crippen molar-refractivity contribution >= 4 is 50.9 Å². The molecule has 0 spiro atoms. The van der Waals surface area contributed by atoms with Crippen molar-refractivity contribution < 1.29 is 9.53 Å². The predicted octanol–water partition coefficient (Wildman–Crippen LogP) is 4.28. The van der Waals surface area contributed by atoms with Crippen molar-refractivity contribution in [3.63, 3.8) is 0 Å². The van der Waals surface area contributed by atoms with Gasteiger partial charge in [0, 0.05) is 16.0 Å². The number of thiophene rings is 1. The van der Waals surface area contributed by atoms with Gasteiger partial charge in [-0.2, -0.15) is 0 Å². The number of aromatic nitrogens is 2. The third kappa shape index (κ3) is 3.09. The Bertz CT molecular complexity index is 818. The normalized spacial score (nSPS) is 10.8. The number of rotatable bonds is 4. The number of nitrogens with zero attached hydrogens (tertiary/aromatic N) is 2. The molecule has 0 aliphatic carbocycles. The van der Waals surface area contributed by atoms with Crippen LogP contribution >= 0.6 is 34.7 Å². The van der Waals surface area contributed by atoms with Crippen molar-refractivity contribution in [2.24, 2.45) is 0 Å². The molecule has 0 bridgehead atoms. The first kappa shape index (κ1) is 15.3. The van der Waals surface area contributed by atoms with E-state index in [4.69, 9.17) is 11.6 Å². The first-order valence-electron chi connectivity index (χ1n) is 6.37. The van der Waals surface area contributed by atoms with Crippen LogP contribution in [0.1, 0.15) is 0 Å². The Kier molecular flexibility index (Phi) is 4.61. The van der Waals surface area contributed by atoms with Crippen LogP contribution in [0.5, 0.6) is 0 Å². The van der Waals surface area contributed by atoms with E-state index in [2.05, 4.69) is 14.7 Å². The zero-order valence-corrected chi connectivity index (χ0v) is 14.0. The van der Waals surface area contributed by atoms with Crippen LogP contribution in [0.15, 0.2) is 41.0 Å². The number of thioether (sulfide) groups is 1. The third-order valence-electron chi connectivity index (χ3n) is 3.05. The summed E-state index contributed by atoms with van der Waals surface area (Å²) in [6.07, 6.45) is 1.52. The van der Waals surface area contributed by atoms with Crippen LogP contribution < -0.4 is 0 Å². The second-order valence-corrected chi connectivity index (χ2v) is 6.64. The van der Waals surface area contributed by atoms with Crippen LogP contribution in [-0.2, 0) is 9.53 Å². The monoisotopic (exact) mass is 350 g/mol. The number of fused-ring (bicyclic) bond motifs is 1. The number of carbonyl (C=O) groups excluding carboxylic acids is 1. The van der Waals surface area contributed by atoms with E-state index in [0.717, 1.165) is 26.4 Å². The van der Waals surface area contributed by atoms with E-state index in [0.29, 0.717) is 5.02 Å². The highest BCUT2D eigenvalue weighted by Gasteiger charge is 2.14. The van der Waals surface area contributed by atoms with Crippen LogP contribution in [0.2, 0.25) is 5.02 Å². The van der Waals surface area contributed by atoms with E-state index in [1.165, 1.54) is 25.2 Å². The summed E-state index contributed by atoms with van der Waals surface area (Å²) in [4.78, 5) is 20.9. The minimum absolute atomic E-state index is 0.221. The number of benzene rings is 1. The fraction of sp³-hybridized carbons (Fsp3) is 0.133. The van der Waals surface area contributed by atoms with E-state index < -0.39 is 0 Å². The Labute approximate surface area is 140 Å². The van der Waals surface area contributed by atoms with Crippen molar-refractivity contribution in [3.8, 4) is 11.1 Å². The smallest absolute Gasteiger partial charge is 0.316 e. The molecule has 3 rings (SSSR count). The van der Waals surface area contributed by atoms with Crippen LogP contribution in [0.4, 0.5) is 0 Å². The molecular weight excluding hydrogens is 340 g/mol. The van der Waals surface area contributed by atoms with E-state index >= 15 is 0 Å². The third-order valence-corrected chi connectivity index (χ3v) is 5.15. The number of hydrogen-bond acceptors (Lipinski definition) is 6. The minimum atomic E-state index is -0.278. The van der Waals surface area contributed by atoms with E-state index in [1.807, 2.05) is 29.6 Å². The molecule has 3 aromatic rings. The van der Waals surface area contributed by atoms with Gasteiger partial charge in [-0.15, -0.1) is 11.3 Å². The molecular formula is C15H11ClN2O2S2. The molecule has 0 fully saturated rings. The standard InChI is InChI=1S/C15H11ClN2O2S2/c1-20-12(19)7-22-15-13-11(6-21-14(13)17-8-18-15)9-2-4-10(16)5-3-9/h2-6,8H,7H2,1H3. The number of ether oxygens (including phenoxy) is 1. The van der Waals surface area contributed by atoms with Gasteiger partial charge >= 0.3 is 5.97 Å². The Morgan fingerprint density at radius 1 is 1.32 bits per heavy atom. The first-order chi connectivity index (χ1) is 10.7. The number of methoxy groups -OCH3 is 1. The summed E-state index contributed by atoms with van der Waals surface area (Å²) in [5.74, 6) is -0.0570. The molecule has 4 nitrogen and oxygen atoms in total. The highest BCUT2D eigenvalue weighted by molar-refractivity contribution is 8.00. The lowest BCUT2D eigenvalue weighted by molar-refractivity contribution is -0.137. The fourth-order valence-corrected chi connectivity index (χ4v) is 3.94. The van der Waals surface area contributed by atoms with Gasteiger partial charge in [-0.05, 0) is 17.7 Å². The molecule has 112 valence electrons. The summed E-state index contributed by atoms with van der Waals surface area (Å²) in [5, 5.41) is 4.48. The SMILES string of the molecule is COC(=O)CSc1ncnc2scc(-c3ccc(Cl)cc3)c12. The van der Waals surface area contributed by atoms with Crippen molar-refractivity contribution in [3.05, 3.63) is 41.0 Å². The van der Waals surface area contributed by atoms with Gasteiger partial charge in [0.1, 0.15) is 16.2 Å². The summed E-state index contributed by atoms with van der Waals surface area (Å²) in [7, 11) is 1.38. The zero-order chi connectivity index (χ0) is 15.5. The van der Waals surface area contributed by atoms with Gasteiger partial charge in [0.15, 0.2) is 0 Å². The molecule has 0 amide bonds. The second-order valence-electron chi connectivity index (χ2n) is 4.38. The number of esters is 1. The van der Waals surface area contributed by atoms with Crippen molar-refractivity contribution in [1.29, 1.82) is 0 Å². The van der Waals surface area contributed by atoms with E-state index in [1.54, 1.807) is 11.3 Å². The highest BCUT2D eigenvalue weighted by Crippen LogP contribution is 2.38. The Hall–Kier alpha value is -1.63. The summed E-state index contributed by atoms with van der Waals surface area (Å²) in [5.41, 5.74) is 2.09. The highest BCUT2D eigenvalue weighted by atomic mass is 35.5. The maximum absolute atomic E-state index is 11.4. The molecule has 0 radical (unpaired) electrons. The van der Waals surface area contributed by atoms with Crippen molar-refractivity contribution in [1.82, 2.24) is 9.97 Å². The average molecular weight is 351 g/mol.